The van der Waals surface area contributed by atoms with Crippen LogP contribution in [0.15, 0.2) is 18.0 Å². The number of carbonyl (C=O) groups excluding carboxylic acids is 3. The van der Waals surface area contributed by atoms with Gasteiger partial charge in [-0.25, -0.2) is 0 Å². The summed E-state index contributed by atoms with van der Waals surface area (Å²) in [6.07, 6.45) is 9.34. The number of ether oxygens (including phenoxy) is 1. The van der Waals surface area contributed by atoms with Crippen LogP contribution in [-0.4, -0.2) is 40.1 Å². The highest BCUT2D eigenvalue weighted by Gasteiger charge is 2.47. The molecular weight excluding hydrogens is 516 g/mol. The van der Waals surface area contributed by atoms with Crippen LogP contribution in [0.5, 0.6) is 0 Å². The van der Waals surface area contributed by atoms with Crippen LogP contribution in [0.3, 0.4) is 0 Å². The Morgan fingerprint density at radius 3 is 2.34 bits per heavy atom. The number of carbonyl (C=O) groups is 3. The first-order valence-corrected chi connectivity index (χ1v) is 14.0. The van der Waals surface area contributed by atoms with Crippen LogP contribution in [0.25, 0.3) is 29.9 Å². The smallest absolute Gasteiger partial charge is 0.321 e. The molecule has 8 bridgehead atoms. The molecule has 0 radical (unpaired) electrons. The van der Waals surface area contributed by atoms with Gasteiger partial charge in [-0.15, -0.1) is 0 Å². The molecule has 2 aliphatic heterocycles. The van der Waals surface area contributed by atoms with Crippen molar-refractivity contribution in [2.45, 2.75) is 41.0 Å². The molecule has 41 heavy (non-hydrogen) atoms. The second-order valence-corrected chi connectivity index (χ2v) is 11.2. The number of allylic oxidation sites excluding steroid dienone is 2. The van der Waals surface area contributed by atoms with Gasteiger partial charge in [0.1, 0.15) is 5.92 Å². The summed E-state index contributed by atoms with van der Waals surface area (Å²) in [5, 5.41) is 5.08. The van der Waals surface area contributed by atoms with Gasteiger partial charge in [-0.3, -0.25) is 14.4 Å². The summed E-state index contributed by atoms with van der Waals surface area (Å²) in [6, 6.07) is 0. The van der Waals surface area contributed by atoms with Crippen LogP contribution in [0.1, 0.15) is 86.5 Å². The Balaban J connectivity index is 1.76. The molecule has 8 nitrogen and oxygen atoms in total. The lowest BCUT2D eigenvalue weighted by Crippen LogP contribution is -2.24. The van der Waals surface area contributed by atoms with Crippen molar-refractivity contribution in [1.82, 2.24) is 20.3 Å². The third-order valence-electron chi connectivity index (χ3n) is 9.19. The highest BCUT2D eigenvalue weighted by molar-refractivity contribution is 6.24. The number of hydrogen-bond donors (Lipinski definition) is 4. The van der Waals surface area contributed by atoms with E-state index in [9.17, 15) is 14.4 Å². The van der Waals surface area contributed by atoms with E-state index >= 15 is 0 Å². The molecule has 3 aromatic heterocycles. The maximum Gasteiger partial charge on any atom is 0.321 e. The lowest BCUT2D eigenvalue weighted by atomic mass is 9.89. The predicted octanol–water partition coefficient (Wildman–Crippen LogP) is 3.89. The highest BCUT2D eigenvalue weighted by Crippen LogP contribution is 2.47. The number of nitrogens with one attached hydrogen (secondary N) is 4. The zero-order valence-corrected chi connectivity index (χ0v) is 24.2. The molecule has 0 aromatic carbocycles. The zero-order valence-electron chi connectivity index (χ0n) is 24.2. The van der Waals surface area contributed by atoms with E-state index < -0.39 is 11.9 Å². The normalized spacial score (nSPS) is 25.5. The Labute approximate surface area is 238 Å². The molecule has 6 rings (SSSR count). The zero-order chi connectivity index (χ0) is 29.3. The third-order valence-corrected chi connectivity index (χ3v) is 9.19. The van der Waals surface area contributed by atoms with Crippen LogP contribution in [-0.2, 0) is 16.0 Å². The van der Waals surface area contributed by atoms with Crippen LogP contribution in [0.2, 0.25) is 0 Å². The van der Waals surface area contributed by atoms with Crippen LogP contribution in [0, 0.1) is 31.6 Å². The van der Waals surface area contributed by atoms with E-state index in [0.717, 1.165) is 62.4 Å². The third kappa shape index (κ3) is 3.70. The summed E-state index contributed by atoms with van der Waals surface area (Å²) < 4.78 is 5.13. The van der Waals surface area contributed by atoms with Crippen molar-refractivity contribution in [2.75, 3.05) is 7.11 Å². The van der Waals surface area contributed by atoms with E-state index in [2.05, 4.69) is 46.8 Å². The Bertz CT molecular complexity index is 1870. The Morgan fingerprint density at radius 1 is 0.976 bits per heavy atom. The van der Waals surface area contributed by atoms with Gasteiger partial charge in [-0.2, -0.15) is 0 Å². The van der Waals surface area contributed by atoms with Gasteiger partial charge in [0.15, 0.2) is 12.1 Å². The highest BCUT2D eigenvalue weighted by atomic mass is 16.5. The van der Waals surface area contributed by atoms with E-state index in [1.54, 1.807) is 0 Å². The van der Waals surface area contributed by atoms with Crippen LogP contribution >= 0.6 is 0 Å². The summed E-state index contributed by atoms with van der Waals surface area (Å²) in [7, 11) is 1.31. The predicted molar refractivity (Wildman–Crippen MR) is 159 cm³/mol. The van der Waals surface area contributed by atoms with Crippen molar-refractivity contribution >= 4 is 47.9 Å². The molecule has 1 aliphatic carbocycles. The average Bonchev–Trinajstić information content (AvgIpc) is 3.70. The van der Waals surface area contributed by atoms with Gasteiger partial charge in [0.25, 0.3) is 0 Å². The molecule has 1 fully saturated rings. The maximum atomic E-state index is 13.8. The van der Waals surface area contributed by atoms with E-state index in [-0.39, 0.29) is 17.6 Å². The second-order valence-electron chi connectivity index (χ2n) is 11.2. The second kappa shape index (κ2) is 9.51. The minimum atomic E-state index is -1.05. The largest absolute Gasteiger partial charge is 0.468 e. The summed E-state index contributed by atoms with van der Waals surface area (Å²) in [4.78, 5) is 49.7. The minimum Gasteiger partial charge on any atom is -0.468 e. The van der Waals surface area contributed by atoms with E-state index in [1.807, 2.05) is 39.0 Å². The van der Waals surface area contributed by atoms with Crippen molar-refractivity contribution in [1.29, 1.82) is 0 Å². The van der Waals surface area contributed by atoms with Gasteiger partial charge in [-0.1, -0.05) is 33.4 Å². The molecule has 1 saturated heterocycles. The van der Waals surface area contributed by atoms with Crippen LogP contribution in [0.4, 0.5) is 0 Å². The van der Waals surface area contributed by atoms with Gasteiger partial charge in [-0.05, 0) is 55.2 Å². The number of methoxy groups -OCH3 is 1. The number of Topliss-reactive ketones (excluding diaryl/α,β-unsaturated/α-hetero) is 1. The lowest BCUT2D eigenvalue weighted by Gasteiger charge is -2.16. The summed E-state index contributed by atoms with van der Waals surface area (Å²) in [5.74, 6) is -1.78. The van der Waals surface area contributed by atoms with Crippen molar-refractivity contribution in [3.63, 3.8) is 0 Å². The first kappa shape index (κ1) is 26.6. The Morgan fingerprint density at radius 2 is 1.68 bits per heavy atom. The van der Waals surface area contributed by atoms with Crippen molar-refractivity contribution in [2.24, 2.45) is 17.8 Å². The molecule has 0 saturated carbocycles. The minimum absolute atomic E-state index is 0.0152. The Kier molecular flexibility index (Phi) is 6.17. The van der Waals surface area contributed by atoms with Crippen molar-refractivity contribution in [3.05, 3.63) is 84.8 Å². The number of aldehydes is 1. The number of H-pyrrole nitrogens is 3. The van der Waals surface area contributed by atoms with E-state index in [4.69, 9.17) is 4.74 Å². The van der Waals surface area contributed by atoms with Gasteiger partial charge >= 0.3 is 5.97 Å². The summed E-state index contributed by atoms with van der Waals surface area (Å²) in [5.41, 5.74) is 10.3. The van der Waals surface area contributed by atoms with Gasteiger partial charge < -0.3 is 25.0 Å². The fourth-order valence-electron chi connectivity index (χ4n) is 6.67. The average molecular weight is 551 g/mol. The summed E-state index contributed by atoms with van der Waals surface area (Å²) in [6.45, 7) is 14.2. The van der Waals surface area contributed by atoms with Crippen LogP contribution < -0.4 is 16.0 Å². The maximum absolute atomic E-state index is 13.8. The molecular formula is C33H34N4O4. The molecule has 3 aromatic rings. The molecule has 5 heterocycles. The molecule has 3 atom stereocenters. The number of fused-ring (bicyclic) bond motifs is 7. The first-order valence-electron chi connectivity index (χ1n) is 14.0. The monoisotopic (exact) mass is 550 g/mol. The number of esters is 1. The standard InChI is InChI=1S/C33H34N4O4/c1-8-18-16(5)22-10-21-14(3)15(4)30(36-21)28-29(33(40)41-7)32(39)27-17(6)23(37-31(27)28)11-25-19(9-2)20(13-38)26(35-25)12-24(18)34-22/h8,10-15,29,34-37H,1,9H2,2-7H3/b21-10-,25-11-,26-12-,30-28-/t14-,15-,29+/m0/s1. The molecule has 0 spiro atoms. The quantitative estimate of drug-likeness (QED) is 0.223. The molecule has 0 unspecified atom stereocenters. The Hall–Kier alpha value is -4.59. The first-order chi connectivity index (χ1) is 19.6. The number of ketones is 1. The van der Waals surface area contributed by atoms with E-state index in [1.165, 1.54) is 7.11 Å². The fraction of sp³-hybridized carbons (Fsp3) is 0.303. The molecule has 3 aliphatic rings. The fourth-order valence-corrected chi connectivity index (χ4v) is 6.67. The molecule has 8 heteroatoms. The topological polar surface area (TPSA) is 120 Å². The van der Waals surface area contributed by atoms with Crippen molar-refractivity contribution < 1.29 is 19.1 Å². The number of aromatic nitrogens is 3. The SMILES string of the molecule is C=Cc1c2[nH]c(c1C)/C=C1\N/C(=C3\c4[nH]c(c(C)c4C(=O)[C@@H]3C(=O)OC)/C=c3\[nH]/c(c(C=O)c3CC)=C\2)[C@@H](C)[C@@H]1C. The summed E-state index contributed by atoms with van der Waals surface area (Å²) >= 11 is 0. The van der Waals surface area contributed by atoms with Gasteiger partial charge in [0, 0.05) is 67.9 Å². The number of aromatic amines is 3. The molecule has 4 N–H and O–H groups in total. The van der Waals surface area contributed by atoms with Crippen molar-refractivity contribution in [3.8, 4) is 0 Å². The lowest BCUT2D eigenvalue weighted by molar-refractivity contribution is -0.141. The number of hydrogen-bond acceptors (Lipinski definition) is 5. The number of rotatable bonds is 4. The van der Waals surface area contributed by atoms with Gasteiger partial charge in [0.05, 0.1) is 18.2 Å². The van der Waals surface area contributed by atoms with E-state index in [0.29, 0.717) is 34.2 Å². The molecule has 210 valence electrons. The van der Waals surface area contributed by atoms with Gasteiger partial charge in [0.2, 0.25) is 0 Å². The molecule has 0 amide bonds.